The van der Waals surface area contributed by atoms with Gasteiger partial charge in [0.15, 0.2) is 0 Å². The Balaban J connectivity index is 2.95. The van der Waals surface area contributed by atoms with Crippen molar-refractivity contribution in [1.29, 1.82) is 0 Å². The molecule has 0 amide bonds. The van der Waals surface area contributed by atoms with Crippen molar-refractivity contribution in [3.05, 3.63) is 34.6 Å². The van der Waals surface area contributed by atoms with Gasteiger partial charge in [-0.05, 0) is 24.7 Å². The summed E-state index contributed by atoms with van der Waals surface area (Å²) in [6.45, 7) is -0.696. The van der Waals surface area contributed by atoms with Crippen LogP contribution in [0.2, 0.25) is 5.02 Å². The Labute approximate surface area is 96.0 Å². The molecule has 2 N–H and O–H groups in total. The van der Waals surface area contributed by atoms with E-state index in [1.54, 1.807) is 0 Å². The predicted molar refractivity (Wildman–Crippen MR) is 55.2 cm³/mol. The normalized spacial score (nSPS) is 13.9. The van der Waals surface area contributed by atoms with Crippen LogP contribution in [0.3, 0.4) is 0 Å². The molecule has 1 atom stereocenters. The second-order valence-electron chi connectivity index (χ2n) is 3.37. The molecule has 0 aliphatic heterocycles. The zero-order valence-corrected chi connectivity index (χ0v) is 9.23. The zero-order valence-electron chi connectivity index (χ0n) is 8.48. The number of aliphatic hydroxyl groups excluding tert-OH is 1. The van der Waals surface area contributed by atoms with Crippen LogP contribution in [-0.4, -0.2) is 24.6 Å². The van der Waals surface area contributed by atoms with Gasteiger partial charge in [-0.3, -0.25) is 0 Å². The Kier molecular flexibility index (Phi) is 4.18. The number of rotatable bonds is 4. The number of halogens is 4. The van der Waals surface area contributed by atoms with Gasteiger partial charge in [-0.25, -0.2) is 13.2 Å². The third-order valence-electron chi connectivity index (χ3n) is 2.07. The van der Waals surface area contributed by atoms with E-state index in [0.29, 0.717) is 0 Å². The van der Waals surface area contributed by atoms with Crippen molar-refractivity contribution < 1.29 is 18.3 Å². The van der Waals surface area contributed by atoms with Gasteiger partial charge in [0.2, 0.25) is 0 Å². The first-order valence-electron chi connectivity index (χ1n) is 4.54. The summed E-state index contributed by atoms with van der Waals surface area (Å²) in [5, 5.41) is 11.5. The zero-order chi connectivity index (χ0) is 12.3. The first-order valence-corrected chi connectivity index (χ1v) is 4.91. The molecule has 0 aliphatic rings. The summed E-state index contributed by atoms with van der Waals surface area (Å²) in [5.41, 5.74) is -0.206. The summed E-state index contributed by atoms with van der Waals surface area (Å²) in [4.78, 5) is 0. The lowest BCUT2D eigenvalue weighted by Gasteiger charge is -2.22. The van der Waals surface area contributed by atoms with Crippen LogP contribution in [0, 0.1) is 5.82 Å². The second-order valence-corrected chi connectivity index (χ2v) is 3.77. The largest absolute Gasteiger partial charge is 0.382 e. The lowest BCUT2D eigenvalue weighted by atomic mass is 10.0. The van der Waals surface area contributed by atoms with Crippen LogP contribution in [0.25, 0.3) is 0 Å². The average molecular weight is 254 g/mol. The number of benzene rings is 1. The highest BCUT2D eigenvalue weighted by Crippen LogP contribution is 2.32. The van der Waals surface area contributed by atoms with Crippen LogP contribution < -0.4 is 5.32 Å². The molecule has 2 nitrogen and oxygen atoms in total. The topological polar surface area (TPSA) is 32.3 Å². The first kappa shape index (κ1) is 13.3. The highest BCUT2D eigenvalue weighted by atomic mass is 35.5. The maximum absolute atomic E-state index is 13.3. The molecule has 0 bridgehead atoms. The van der Waals surface area contributed by atoms with Crippen molar-refractivity contribution in [1.82, 2.24) is 5.32 Å². The summed E-state index contributed by atoms with van der Waals surface area (Å²) < 4.78 is 39.5. The van der Waals surface area contributed by atoms with Gasteiger partial charge in [-0.1, -0.05) is 17.7 Å². The predicted octanol–water partition coefficient (Wildman–Crippen LogP) is 2.37. The van der Waals surface area contributed by atoms with Crippen molar-refractivity contribution in [2.75, 3.05) is 13.6 Å². The molecule has 1 aromatic carbocycles. The van der Waals surface area contributed by atoms with Crippen molar-refractivity contribution in [2.24, 2.45) is 0 Å². The summed E-state index contributed by atoms with van der Waals surface area (Å²) in [6, 6.07) is 3.10. The number of hydrogen-bond acceptors (Lipinski definition) is 2. The van der Waals surface area contributed by atoms with E-state index in [0.717, 1.165) is 12.1 Å². The molecule has 0 radical (unpaired) electrons. The fraction of sp³-hybridized carbons (Fsp3) is 0.400. The van der Waals surface area contributed by atoms with Gasteiger partial charge < -0.3 is 10.4 Å². The highest BCUT2D eigenvalue weighted by Gasteiger charge is 2.38. The van der Waals surface area contributed by atoms with Gasteiger partial charge in [0, 0.05) is 0 Å². The number of aliphatic hydroxyl groups is 1. The lowest BCUT2D eigenvalue weighted by Crippen LogP contribution is -2.36. The third-order valence-corrected chi connectivity index (χ3v) is 2.38. The minimum atomic E-state index is -3.37. The van der Waals surface area contributed by atoms with E-state index in [1.165, 1.54) is 13.1 Å². The molecule has 0 saturated carbocycles. The van der Waals surface area contributed by atoms with Crippen LogP contribution in [0.4, 0.5) is 13.2 Å². The van der Waals surface area contributed by atoms with Crippen molar-refractivity contribution in [3.63, 3.8) is 0 Å². The Morgan fingerprint density at radius 3 is 2.62 bits per heavy atom. The fourth-order valence-electron chi connectivity index (χ4n) is 1.26. The van der Waals surface area contributed by atoms with E-state index in [4.69, 9.17) is 11.6 Å². The van der Waals surface area contributed by atoms with Gasteiger partial charge in [-0.15, -0.1) is 0 Å². The number of nitrogens with one attached hydrogen (secondary N) is 1. The maximum atomic E-state index is 13.3. The van der Waals surface area contributed by atoms with Crippen molar-refractivity contribution >= 4 is 11.6 Å². The van der Waals surface area contributed by atoms with Crippen LogP contribution >= 0.6 is 11.6 Å². The summed E-state index contributed by atoms with van der Waals surface area (Å²) >= 11 is 5.40. The Morgan fingerprint density at radius 1 is 1.50 bits per heavy atom. The Hall–Kier alpha value is -0.780. The lowest BCUT2D eigenvalue weighted by molar-refractivity contribution is -0.107. The molecule has 0 saturated heterocycles. The maximum Gasteiger partial charge on any atom is 0.289 e. The number of hydrogen-bond donors (Lipinski definition) is 2. The molecule has 1 aromatic rings. The molecular formula is C10H11ClF3NO. The minimum absolute atomic E-state index is 0.173. The molecule has 6 heteroatoms. The van der Waals surface area contributed by atoms with E-state index in [9.17, 15) is 18.3 Å². The average Bonchev–Trinajstić information content (AvgIpc) is 2.21. The smallest absolute Gasteiger partial charge is 0.289 e. The van der Waals surface area contributed by atoms with Gasteiger partial charge in [0.25, 0.3) is 5.92 Å². The number of alkyl halides is 2. The molecule has 1 unspecified atom stereocenters. The molecule has 90 valence electrons. The molecule has 1 rings (SSSR count). The molecule has 0 aromatic heterocycles. The third kappa shape index (κ3) is 2.87. The van der Waals surface area contributed by atoms with Gasteiger partial charge in [-0.2, -0.15) is 0 Å². The van der Waals surface area contributed by atoms with Gasteiger partial charge in [0.1, 0.15) is 11.9 Å². The molecule has 0 fully saturated rings. The van der Waals surface area contributed by atoms with E-state index in [2.05, 4.69) is 5.32 Å². The van der Waals surface area contributed by atoms with Crippen LogP contribution in [0.5, 0.6) is 0 Å². The molecular weight excluding hydrogens is 243 g/mol. The van der Waals surface area contributed by atoms with E-state index in [-0.39, 0.29) is 10.6 Å². The highest BCUT2D eigenvalue weighted by molar-refractivity contribution is 6.30. The van der Waals surface area contributed by atoms with Crippen LogP contribution in [-0.2, 0) is 0 Å². The SMILES string of the molecule is CNCC(F)(F)C(O)c1ccc(Cl)c(F)c1. The first-order chi connectivity index (χ1) is 7.38. The van der Waals surface area contributed by atoms with Crippen molar-refractivity contribution in [2.45, 2.75) is 12.0 Å². The van der Waals surface area contributed by atoms with Crippen LogP contribution in [0.1, 0.15) is 11.7 Å². The molecule has 0 heterocycles. The van der Waals surface area contributed by atoms with E-state index < -0.39 is 24.4 Å². The minimum Gasteiger partial charge on any atom is -0.382 e. The fourth-order valence-corrected chi connectivity index (χ4v) is 1.38. The summed E-state index contributed by atoms with van der Waals surface area (Å²) in [7, 11) is 1.34. The van der Waals surface area contributed by atoms with Crippen molar-refractivity contribution in [3.8, 4) is 0 Å². The summed E-state index contributed by atoms with van der Waals surface area (Å²) in [6.07, 6.45) is -2.06. The monoisotopic (exact) mass is 253 g/mol. The summed E-state index contributed by atoms with van der Waals surface area (Å²) in [5.74, 6) is -4.20. The van der Waals surface area contributed by atoms with Gasteiger partial charge >= 0.3 is 0 Å². The quantitative estimate of drug-likeness (QED) is 0.864. The second kappa shape index (κ2) is 5.03. The Bertz CT molecular complexity index is 373. The van der Waals surface area contributed by atoms with Gasteiger partial charge in [0.05, 0.1) is 11.6 Å². The Morgan fingerprint density at radius 2 is 2.12 bits per heavy atom. The van der Waals surface area contributed by atoms with Crippen LogP contribution in [0.15, 0.2) is 18.2 Å². The standard InChI is InChI=1S/C10H11ClF3NO/c1-15-5-10(13,14)9(16)6-2-3-7(11)8(12)4-6/h2-4,9,15-16H,5H2,1H3. The molecule has 16 heavy (non-hydrogen) atoms. The van der Waals surface area contributed by atoms with E-state index >= 15 is 0 Å². The molecule has 0 spiro atoms. The molecule has 0 aliphatic carbocycles. The van der Waals surface area contributed by atoms with E-state index in [1.807, 2.05) is 0 Å².